The van der Waals surface area contributed by atoms with Gasteiger partial charge in [-0.15, -0.1) is 0 Å². The standard InChI is InChI=1S/C17H14N2O2/c1-20-16-7-11-10-19-14-6-4-3-5-13(14)18-9-15(19)12(11)8-17(16)21-2/h3-10H,1-2H3. The Bertz CT molecular complexity index is 973. The fourth-order valence-corrected chi connectivity index (χ4v) is 2.80. The summed E-state index contributed by atoms with van der Waals surface area (Å²) >= 11 is 0. The molecule has 21 heavy (non-hydrogen) atoms. The summed E-state index contributed by atoms with van der Waals surface area (Å²) in [5, 5.41) is 2.21. The van der Waals surface area contributed by atoms with Crippen LogP contribution in [0, 0.1) is 0 Å². The summed E-state index contributed by atoms with van der Waals surface area (Å²) in [6, 6.07) is 12.1. The number of hydrogen-bond donors (Lipinski definition) is 0. The second-order valence-corrected chi connectivity index (χ2v) is 4.93. The smallest absolute Gasteiger partial charge is 0.161 e. The van der Waals surface area contributed by atoms with Crippen LogP contribution in [0.25, 0.3) is 27.3 Å². The van der Waals surface area contributed by atoms with E-state index in [-0.39, 0.29) is 0 Å². The van der Waals surface area contributed by atoms with Crippen molar-refractivity contribution in [1.29, 1.82) is 0 Å². The van der Waals surface area contributed by atoms with E-state index in [1.807, 2.05) is 36.5 Å². The molecule has 2 aromatic carbocycles. The minimum Gasteiger partial charge on any atom is -0.493 e. The van der Waals surface area contributed by atoms with E-state index >= 15 is 0 Å². The van der Waals surface area contributed by atoms with Crippen LogP contribution < -0.4 is 9.47 Å². The average Bonchev–Trinajstić information content (AvgIpc) is 2.91. The molecule has 0 aliphatic rings. The van der Waals surface area contributed by atoms with Gasteiger partial charge in [0.15, 0.2) is 11.5 Å². The number of ether oxygens (including phenoxy) is 2. The topological polar surface area (TPSA) is 35.8 Å². The second kappa shape index (κ2) is 4.38. The van der Waals surface area contributed by atoms with Crippen LogP contribution in [-0.2, 0) is 0 Å². The number of nitrogens with zero attached hydrogens (tertiary/aromatic N) is 2. The van der Waals surface area contributed by atoms with E-state index in [1.165, 1.54) is 0 Å². The van der Waals surface area contributed by atoms with Crippen LogP contribution in [0.3, 0.4) is 0 Å². The SMILES string of the molecule is COc1cc2cn3c4ccccc4ncc3c2cc1OC. The van der Waals surface area contributed by atoms with E-state index in [1.54, 1.807) is 14.2 Å². The van der Waals surface area contributed by atoms with Crippen molar-refractivity contribution in [1.82, 2.24) is 9.38 Å². The van der Waals surface area contributed by atoms with Gasteiger partial charge in [0.1, 0.15) is 0 Å². The fourth-order valence-electron chi connectivity index (χ4n) is 2.80. The highest BCUT2D eigenvalue weighted by atomic mass is 16.5. The zero-order valence-electron chi connectivity index (χ0n) is 11.8. The summed E-state index contributed by atoms with van der Waals surface area (Å²) in [5.74, 6) is 1.46. The molecule has 4 heteroatoms. The lowest BCUT2D eigenvalue weighted by molar-refractivity contribution is 0.356. The maximum absolute atomic E-state index is 5.40. The van der Waals surface area contributed by atoms with Crippen LogP contribution in [0.2, 0.25) is 0 Å². The van der Waals surface area contributed by atoms with Gasteiger partial charge in [-0.2, -0.15) is 0 Å². The lowest BCUT2D eigenvalue weighted by Crippen LogP contribution is -1.90. The molecule has 0 aliphatic carbocycles. The minimum absolute atomic E-state index is 0.728. The zero-order chi connectivity index (χ0) is 14.4. The van der Waals surface area contributed by atoms with Gasteiger partial charge in [-0.05, 0) is 24.3 Å². The second-order valence-electron chi connectivity index (χ2n) is 4.93. The Balaban J connectivity index is 2.17. The Labute approximate surface area is 121 Å². The van der Waals surface area contributed by atoms with E-state index in [0.717, 1.165) is 38.8 Å². The molecule has 0 bridgehead atoms. The van der Waals surface area contributed by atoms with Crippen molar-refractivity contribution in [3.05, 3.63) is 48.8 Å². The number of para-hydroxylation sites is 2. The lowest BCUT2D eigenvalue weighted by Gasteiger charge is -2.07. The van der Waals surface area contributed by atoms with Crippen molar-refractivity contribution < 1.29 is 9.47 Å². The first-order chi connectivity index (χ1) is 10.3. The van der Waals surface area contributed by atoms with Gasteiger partial charge in [-0.3, -0.25) is 4.98 Å². The number of aromatic nitrogens is 2. The number of hydrogen-bond acceptors (Lipinski definition) is 3. The third-order valence-electron chi connectivity index (χ3n) is 3.83. The van der Waals surface area contributed by atoms with E-state index in [2.05, 4.69) is 21.6 Å². The average molecular weight is 278 g/mol. The van der Waals surface area contributed by atoms with Crippen LogP contribution >= 0.6 is 0 Å². The predicted octanol–water partition coefficient (Wildman–Crippen LogP) is 3.66. The first-order valence-corrected chi connectivity index (χ1v) is 6.72. The molecule has 0 radical (unpaired) electrons. The predicted molar refractivity (Wildman–Crippen MR) is 83.3 cm³/mol. The minimum atomic E-state index is 0.728. The number of fused-ring (bicyclic) bond motifs is 5. The molecule has 0 saturated carbocycles. The molecular formula is C17H14N2O2. The maximum atomic E-state index is 5.40. The monoisotopic (exact) mass is 278 g/mol. The molecule has 0 spiro atoms. The van der Waals surface area contributed by atoms with Gasteiger partial charge < -0.3 is 13.9 Å². The Morgan fingerprint density at radius 2 is 1.71 bits per heavy atom. The molecule has 0 saturated heterocycles. The Morgan fingerprint density at radius 3 is 2.52 bits per heavy atom. The molecule has 4 rings (SSSR count). The van der Waals surface area contributed by atoms with Crippen LogP contribution in [0.4, 0.5) is 0 Å². The molecule has 0 unspecified atom stereocenters. The van der Waals surface area contributed by atoms with Gasteiger partial charge >= 0.3 is 0 Å². The molecule has 0 atom stereocenters. The summed E-state index contributed by atoms with van der Waals surface area (Å²) in [7, 11) is 3.30. The maximum Gasteiger partial charge on any atom is 0.161 e. The van der Waals surface area contributed by atoms with Crippen molar-refractivity contribution >= 4 is 27.3 Å². The van der Waals surface area contributed by atoms with Crippen molar-refractivity contribution in [2.24, 2.45) is 0 Å². The first kappa shape index (κ1) is 12.0. The molecule has 104 valence electrons. The van der Waals surface area contributed by atoms with Gasteiger partial charge in [0.25, 0.3) is 0 Å². The van der Waals surface area contributed by atoms with Crippen molar-refractivity contribution in [2.45, 2.75) is 0 Å². The fraction of sp³-hybridized carbons (Fsp3) is 0.118. The Hall–Kier alpha value is -2.75. The van der Waals surface area contributed by atoms with E-state index < -0.39 is 0 Å². The molecule has 0 fully saturated rings. The quantitative estimate of drug-likeness (QED) is 0.561. The Kier molecular flexibility index (Phi) is 2.51. The van der Waals surface area contributed by atoms with Gasteiger partial charge in [-0.1, -0.05) is 12.1 Å². The third kappa shape index (κ3) is 1.65. The first-order valence-electron chi connectivity index (χ1n) is 6.72. The molecule has 4 aromatic rings. The highest BCUT2D eigenvalue weighted by Gasteiger charge is 2.11. The summed E-state index contributed by atoms with van der Waals surface area (Å²) in [5.41, 5.74) is 3.12. The number of benzene rings is 2. The molecular weight excluding hydrogens is 264 g/mol. The van der Waals surface area contributed by atoms with Crippen molar-refractivity contribution in [3.8, 4) is 11.5 Å². The highest BCUT2D eigenvalue weighted by molar-refractivity contribution is 6.01. The number of rotatable bonds is 2. The zero-order valence-corrected chi connectivity index (χ0v) is 11.8. The van der Waals surface area contributed by atoms with E-state index in [0.29, 0.717) is 0 Å². The van der Waals surface area contributed by atoms with Crippen LogP contribution in [0.1, 0.15) is 0 Å². The Morgan fingerprint density at radius 1 is 0.952 bits per heavy atom. The van der Waals surface area contributed by atoms with Gasteiger partial charge in [-0.25, -0.2) is 0 Å². The largest absolute Gasteiger partial charge is 0.493 e. The molecule has 2 heterocycles. The molecule has 2 aromatic heterocycles. The summed E-state index contributed by atoms with van der Waals surface area (Å²) < 4.78 is 12.9. The normalized spacial score (nSPS) is 11.3. The summed E-state index contributed by atoms with van der Waals surface area (Å²) in [6.07, 6.45) is 4.01. The van der Waals surface area contributed by atoms with Gasteiger partial charge in [0.05, 0.1) is 37.0 Å². The molecule has 0 N–H and O–H groups in total. The molecule has 0 amide bonds. The summed E-state index contributed by atoms with van der Waals surface area (Å²) in [6.45, 7) is 0. The van der Waals surface area contributed by atoms with Crippen LogP contribution in [0.5, 0.6) is 11.5 Å². The van der Waals surface area contributed by atoms with Gasteiger partial charge in [0.2, 0.25) is 0 Å². The molecule has 0 aliphatic heterocycles. The van der Waals surface area contributed by atoms with Crippen LogP contribution in [0.15, 0.2) is 48.8 Å². The van der Waals surface area contributed by atoms with Gasteiger partial charge in [0, 0.05) is 17.0 Å². The number of methoxy groups -OCH3 is 2. The highest BCUT2D eigenvalue weighted by Crippen LogP contribution is 2.35. The third-order valence-corrected chi connectivity index (χ3v) is 3.83. The van der Waals surface area contributed by atoms with Crippen LogP contribution in [-0.4, -0.2) is 23.6 Å². The van der Waals surface area contributed by atoms with E-state index in [9.17, 15) is 0 Å². The molecule has 4 nitrogen and oxygen atoms in total. The van der Waals surface area contributed by atoms with Crippen molar-refractivity contribution in [2.75, 3.05) is 14.2 Å². The summed E-state index contributed by atoms with van der Waals surface area (Å²) in [4.78, 5) is 4.54. The van der Waals surface area contributed by atoms with Crippen molar-refractivity contribution in [3.63, 3.8) is 0 Å². The lowest BCUT2D eigenvalue weighted by atomic mass is 10.2. The van der Waals surface area contributed by atoms with E-state index in [4.69, 9.17) is 9.47 Å².